The molecular formula is C14H19NOS. The molecule has 0 N–H and O–H groups in total. The third kappa shape index (κ3) is 4.72. The summed E-state index contributed by atoms with van der Waals surface area (Å²) in [5, 5.41) is 0. The molecule has 17 heavy (non-hydrogen) atoms. The van der Waals surface area contributed by atoms with Gasteiger partial charge < -0.3 is 4.74 Å². The lowest BCUT2D eigenvalue weighted by Gasteiger charge is -2.13. The van der Waals surface area contributed by atoms with Crippen LogP contribution in [0.1, 0.15) is 19.8 Å². The maximum atomic E-state index is 5.41. The van der Waals surface area contributed by atoms with E-state index in [0.29, 0.717) is 0 Å². The number of benzene rings is 1. The molecule has 0 saturated carbocycles. The van der Waals surface area contributed by atoms with Crippen LogP contribution in [0.3, 0.4) is 0 Å². The van der Waals surface area contributed by atoms with Crippen molar-refractivity contribution in [1.29, 1.82) is 0 Å². The number of ether oxygens (including phenoxy) is 1. The minimum atomic E-state index is 0.735. The first kappa shape index (κ1) is 14.0. The van der Waals surface area contributed by atoms with Crippen LogP contribution in [0.15, 0.2) is 29.2 Å². The van der Waals surface area contributed by atoms with E-state index in [1.165, 1.54) is 30.8 Å². The molecule has 0 aliphatic carbocycles. The summed E-state index contributed by atoms with van der Waals surface area (Å²) in [5.41, 5.74) is 0. The average Bonchev–Trinajstić information content (AvgIpc) is 2.87. The Morgan fingerprint density at radius 1 is 1.18 bits per heavy atom. The summed E-state index contributed by atoms with van der Waals surface area (Å²) in [6, 6.07) is 8.35. The zero-order valence-corrected chi connectivity index (χ0v) is 11.1. The molecule has 2 nitrogen and oxygen atoms in total. The Kier molecular flexibility index (Phi) is 6.61. The lowest BCUT2D eigenvalue weighted by Crippen LogP contribution is -2.08. The smallest absolute Gasteiger partial charge is 0.119 e. The summed E-state index contributed by atoms with van der Waals surface area (Å²) in [6.45, 7) is 5.18. The van der Waals surface area contributed by atoms with Crippen LogP contribution >= 0.6 is 11.9 Å². The minimum absolute atomic E-state index is 0.735. The van der Waals surface area contributed by atoms with Gasteiger partial charge in [0.2, 0.25) is 0 Å². The largest absolute Gasteiger partial charge is 0.494 e. The van der Waals surface area contributed by atoms with E-state index < -0.39 is 0 Å². The molecule has 3 heteroatoms. The van der Waals surface area contributed by atoms with Crippen LogP contribution in [0.2, 0.25) is 0 Å². The maximum Gasteiger partial charge on any atom is 0.119 e. The Balaban J connectivity index is 0.000000686. The Morgan fingerprint density at radius 2 is 1.76 bits per heavy atom. The summed E-state index contributed by atoms with van der Waals surface area (Å²) in [5.74, 6) is 0.961. The molecule has 0 spiro atoms. The molecule has 2 rings (SSSR count). The molecule has 0 aromatic heterocycles. The van der Waals surface area contributed by atoms with E-state index >= 15 is 0 Å². The normalized spacial score (nSPS) is 15.0. The Hall–Kier alpha value is -1.11. The van der Waals surface area contributed by atoms with Gasteiger partial charge in [-0.15, -0.1) is 12.8 Å². The van der Waals surface area contributed by atoms with Gasteiger partial charge in [0, 0.05) is 18.0 Å². The van der Waals surface area contributed by atoms with Gasteiger partial charge in [0.25, 0.3) is 0 Å². The van der Waals surface area contributed by atoms with Gasteiger partial charge in [-0.05, 0) is 56.0 Å². The summed E-state index contributed by atoms with van der Waals surface area (Å²) in [7, 11) is 0. The van der Waals surface area contributed by atoms with Crippen LogP contribution in [-0.4, -0.2) is 24.0 Å². The molecule has 1 aromatic carbocycles. The van der Waals surface area contributed by atoms with E-state index in [2.05, 4.69) is 29.3 Å². The van der Waals surface area contributed by atoms with Crippen LogP contribution in [0.4, 0.5) is 0 Å². The van der Waals surface area contributed by atoms with Crippen molar-refractivity contribution >= 4 is 11.9 Å². The first-order valence-corrected chi connectivity index (χ1v) is 6.65. The third-order valence-corrected chi connectivity index (χ3v) is 3.54. The summed E-state index contributed by atoms with van der Waals surface area (Å²) >= 11 is 1.86. The van der Waals surface area contributed by atoms with E-state index in [-0.39, 0.29) is 0 Å². The molecule has 92 valence electrons. The first-order chi connectivity index (χ1) is 8.38. The number of rotatable bonds is 4. The predicted molar refractivity (Wildman–Crippen MR) is 74.2 cm³/mol. The lowest BCUT2D eigenvalue weighted by atomic mass is 10.3. The van der Waals surface area contributed by atoms with Gasteiger partial charge in [0.15, 0.2) is 0 Å². The van der Waals surface area contributed by atoms with Crippen molar-refractivity contribution in [2.24, 2.45) is 0 Å². The van der Waals surface area contributed by atoms with Crippen molar-refractivity contribution < 1.29 is 4.74 Å². The molecule has 0 unspecified atom stereocenters. The maximum absolute atomic E-state index is 5.41. The van der Waals surface area contributed by atoms with Gasteiger partial charge in [-0.3, -0.25) is 0 Å². The second kappa shape index (κ2) is 8.05. The van der Waals surface area contributed by atoms with Crippen LogP contribution in [0.25, 0.3) is 0 Å². The van der Waals surface area contributed by atoms with Crippen LogP contribution in [0.5, 0.6) is 5.75 Å². The molecule has 0 atom stereocenters. The zero-order valence-electron chi connectivity index (χ0n) is 10.3. The molecule has 1 aliphatic rings. The van der Waals surface area contributed by atoms with Crippen molar-refractivity contribution in [2.45, 2.75) is 24.7 Å². The second-order valence-electron chi connectivity index (χ2n) is 3.63. The number of hydrogen-bond donors (Lipinski definition) is 0. The van der Waals surface area contributed by atoms with Gasteiger partial charge in [-0.1, -0.05) is 0 Å². The number of terminal acetylenes is 1. The van der Waals surface area contributed by atoms with Crippen molar-refractivity contribution in [3.63, 3.8) is 0 Å². The molecule has 1 heterocycles. The van der Waals surface area contributed by atoms with E-state index in [4.69, 9.17) is 4.74 Å². The Labute approximate surface area is 108 Å². The SMILES string of the molecule is C#C.CCOc1ccc(SN2CCCC2)cc1. The molecule has 1 aliphatic heterocycles. The monoisotopic (exact) mass is 249 g/mol. The van der Waals surface area contributed by atoms with Gasteiger partial charge >= 0.3 is 0 Å². The highest BCUT2D eigenvalue weighted by Crippen LogP contribution is 2.27. The average molecular weight is 249 g/mol. The minimum Gasteiger partial charge on any atom is -0.494 e. The fraction of sp³-hybridized carbons (Fsp3) is 0.429. The van der Waals surface area contributed by atoms with Crippen LogP contribution in [0, 0.1) is 12.8 Å². The fourth-order valence-electron chi connectivity index (χ4n) is 1.69. The van der Waals surface area contributed by atoms with Crippen molar-refractivity contribution in [3.05, 3.63) is 24.3 Å². The molecule has 0 bridgehead atoms. The standard InChI is InChI=1S/C12H17NOS.C2H2/c1-2-14-11-5-7-12(8-6-11)15-13-9-3-4-10-13;1-2/h5-8H,2-4,9-10H2,1H3;1-2H. The summed E-state index contributed by atoms with van der Waals surface area (Å²) in [6.07, 6.45) is 10.7. The second-order valence-corrected chi connectivity index (χ2v) is 4.80. The molecule has 1 aromatic rings. The number of nitrogens with zero attached hydrogens (tertiary/aromatic N) is 1. The van der Waals surface area contributed by atoms with Gasteiger partial charge in [-0.25, -0.2) is 4.31 Å². The van der Waals surface area contributed by atoms with Gasteiger partial charge in [0.05, 0.1) is 6.61 Å². The molecule has 1 fully saturated rings. The molecule has 1 saturated heterocycles. The van der Waals surface area contributed by atoms with E-state index in [0.717, 1.165) is 12.4 Å². The van der Waals surface area contributed by atoms with E-state index in [1.54, 1.807) is 0 Å². The molecule has 0 amide bonds. The van der Waals surface area contributed by atoms with Gasteiger partial charge in [0.1, 0.15) is 5.75 Å². The Morgan fingerprint density at radius 3 is 2.29 bits per heavy atom. The Bertz CT molecular complexity index is 328. The predicted octanol–water partition coefficient (Wildman–Crippen LogP) is 3.44. The van der Waals surface area contributed by atoms with Crippen LogP contribution < -0.4 is 4.74 Å². The molecule has 0 radical (unpaired) electrons. The van der Waals surface area contributed by atoms with Crippen molar-refractivity contribution in [2.75, 3.05) is 19.7 Å². The number of hydrogen-bond acceptors (Lipinski definition) is 3. The highest BCUT2D eigenvalue weighted by Gasteiger charge is 2.12. The first-order valence-electron chi connectivity index (χ1n) is 5.87. The van der Waals surface area contributed by atoms with E-state index in [9.17, 15) is 0 Å². The van der Waals surface area contributed by atoms with Crippen molar-refractivity contribution in [1.82, 2.24) is 4.31 Å². The van der Waals surface area contributed by atoms with E-state index in [1.807, 2.05) is 31.0 Å². The highest BCUT2D eigenvalue weighted by molar-refractivity contribution is 7.97. The zero-order chi connectivity index (χ0) is 12.5. The summed E-state index contributed by atoms with van der Waals surface area (Å²) in [4.78, 5) is 1.31. The highest BCUT2D eigenvalue weighted by atomic mass is 32.2. The van der Waals surface area contributed by atoms with Crippen LogP contribution in [-0.2, 0) is 0 Å². The third-order valence-electron chi connectivity index (χ3n) is 2.43. The quantitative estimate of drug-likeness (QED) is 0.599. The summed E-state index contributed by atoms with van der Waals surface area (Å²) < 4.78 is 7.83. The molecular weight excluding hydrogens is 230 g/mol. The lowest BCUT2D eigenvalue weighted by molar-refractivity contribution is 0.340. The van der Waals surface area contributed by atoms with Crippen molar-refractivity contribution in [3.8, 4) is 18.6 Å². The topological polar surface area (TPSA) is 12.5 Å². The fourth-order valence-corrected chi connectivity index (χ4v) is 2.69. The van der Waals surface area contributed by atoms with Gasteiger partial charge in [-0.2, -0.15) is 0 Å².